The molecule has 5 radical (unpaired) electrons. The lowest BCUT2D eigenvalue weighted by Gasteiger charge is -2.29. The van der Waals surface area contributed by atoms with Crippen LogP contribution in [0.1, 0.15) is 32.4 Å². The van der Waals surface area contributed by atoms with E-state index in [1.807, 2.05) is 6.20 Å². The minimum absolute atomic E-state index is 0.634. The Labute approximate surface area is 110 Å². The maximum Gasteiger partial charge on any atom is 0.0501 e. The highest BCUT2D eigenvalue weighted by atomic mass is 15.2. The second-order valence-electron chi connectivity index (χ2n) is 5.26. The van der Waals surface area contributed by atoms with Crippen LogP contribution in [0.15, 0.2) is 18.3 Å². The van der Waals surface area contributed by atoms with Crippen LogP contribution in [0.5, 0.6) is 0 Å². The molecule has 0 unspecified atom stereocenters. The number of aromatic nitrogens is 1. The Hall–Kier alpha value is -1.05. The Morgan fingerprint density at radius 2 is 1.78 bits per heavy atom. The van der Waals surface area contributed by atoms with Crippen LogP contribution in [-0.2, 0) is 0 Å². The molecule has 0 bridgehead atoms. The first-order valence-electron chi connectivity index (χ1n) is 6.72. The van der Waals surface area contributed by atoms with Crippen molar-refractivity contribution in [1.82, 2.24) is 4.98 Å². The Morgan fingerprint density at radius 3 is 2.44 bits per heavy atom. The fourth-order valence-electron chi connectivity index (χ4n) is 2.99. The highest BCUT2D eigenvalue weighted by Gasteiger charge is 2.28. The van der Waals surface area contributed by atoms with Gasteiger partial charge in [-0.2, -0.15) is 0 Å². The van der Waals surface area contributed by atoms with Gasteiger partial charge in [-0.15, -0.1) is 0 Å². The fraction of sp³-hybridized carbons (Fsp3) is 0.375. The minimum Gasteiger partial charge on any atom is -0.366 e. The fourth-order valence-corrected chi connectivity index (χ4v) is 2.99. The second kappa shape index (κ2) is 4.91. The van der Waals surface area contributed by atoms with Crippen molar-refractivity contribution in [2.45, 2.75) is 38.8 Å². The van der Waals surface area contributed by atoms with Crippen molar-refractivity contribution in [3.05, 3.63) is 55.6 Å². The molecule has 1 aromatic heterocycles. The standard InChI is InChI=1S/C16H19N2/c1-12-7-8-13(2)18(12)15-9-10-17-16(11-15)14-5-3-4-6-14/h3-6,9-13H,7-8H2,1-2H3/t12-,13-/m1/s1. The summed E-state index contributed by atoms with van der Waals surface area (Å²) in [5.74, 6) is 1.20. The number of anilines is 1. The van der Waals surface area contributed by atoms with Gasteiger partial charge >= 0.3 is 0 Å². The van der Waals surface area contributed by atoms with E-state index in [4.69, 9.17) is 0 Å². The van der Waals surface area contributed by atoms with Gasteiger partial charge < -0.3 is 4.90 Å². The van der Waals surface area contributed by atoms with Gasteiger partial charge in [-0.05, 0) is 64.5 Å². The molecule has 2 nitrogen and oxygen atoms in total. The van der Waals surface area contributed by atoms with Crippen molar-refractivity contribution in [2.75, 3.05) is 4.90 Å². The van der Waals surface area contributed by atoms with Crippen LogP contribution < -0.4 is 4.90 Å². The third-order valence-electron chi connectivity index (χ3n) is 3.95. The van der Waals surface area contributed by atoms with Crippen molar-refractivity contribution in [2.24, 2.45) is 0 Å². The van der Waals surface area contributed by atoms with Crippen molar-refractivity contribution in [3.63, 3.8) is 0 Å². The molecule has 0 amide bonds. The summed E-state index contributed by atoms with van der Waals surface area (Å²) < 4.78 is 0. The molecule has 0 N–H and O–H groups in total. The van der Waals surface area contributed by atoms with E-state index in [1.165, 1.54) is 24.4 Å². The molecule has 3 rings (SSSR count). The Morgan fingerprint density at radius 1 is 1.11 bits per heavy atom. The summed E-state index contributed by atoms with van der Waals surface area (Å²) in [5.41, 5.74) is 2.38. The number of rotatable bonds is 2. The summed E-state index contributed by atoms with van der Waals surface area (Å²) in [5, 5.41) is 0. The van der Waals surface area contributed by atoms with Crippen LogP contribution in [0.2, 0.25) is 0 Å². The quantitative estimate of drug-likeness (QED) is 0.788. The summed E-state index contributed by atoms with van der Waals surface area (Å²) in [6.07, 6.45) is 12.8. The van der Waals surface area contributed by atoms with E-state index >= 15 is 0 Å². The lowest BCUT2D eigenvalue weighted by atomic mass is 10.0. The monoisotopic (exact) mass is 239 g/mol. The molecular weight excluding hydrogens is 220 g/mol. The van der Waals surface area contributed by atoms with Gasteiger partial charge in [0.05, 0.1) is 5.69 Å². The summed E-state index contributed by atoms with van der Waals surface area (Å²) in [6, 6.07) is 5.61. The first-order valence-corrected chi connectivity index (χ1v) is 6.72. The maximum atomic E-state index is 4.48. The maximum absolute atomic E-state index is 4.48. The molecule has 1 saturated heterocycles. The highest BCUT2D eigenvalue weighted by molar-refractivity contribution is 5.55. The zero-order valence-electron chi connectivity index (χ0n) is 11.0. The van der Waals surface area contributed by atoms with E-state index in [1.54, 1.807) is 0 Å². The lowest BCUT2D eigenvalue weighted by molar-refractivity contribution is 0.693. The molecule has 2 heteroatoms. The molecule has 2 heterocycles. The Kier molecular flexibility index (Phi) is 3.27. The van der Waals surface area contributed by atoms with E-state index in [0.717, 1.165) is 5.69 Å². The van der Waals surface area contributed by atoms with Gasteiger partial charge in [0.2, 0.25) is 0 Å². The normalized spacial score (nSPS) is 29.1. The Balaban J connectivity index is 1.86. The van der Waals surface area contributed by atoms with Gasteiger partial charge in [0.15, 0.2) is 0 Å². The summed E-state index contributed by atoms with van der Waals surface area (Å²) in [7, 11) is 0. The van der Waals surface area contributed by atoms with Gasteiger partial charge in [-0.3, -0.25) is 4.98 Å². The third kappa shape index (κ3) is 2.13. The zero-order valence-corrected chi connectivity index (χ0v) is 11.0. The average Bonchev–Trinajstić information content (AvgIpc) is 3.00. The summed E-state index contributed by atoms with van der Waals surface area (Å²) in [4.78, 5) is 7.00. The highest BCUT2D eigenvalue weighted by Crippen LogP contribution is 2.34. The van der Waals surface area contributed by atoms with Gasteiger partial charge in [-0.1, -0.05) is 0 Å². The molecule has 1 aromatic rings. The lowest BCUT2D eigenvalue weighted by Crippen LogP contribution is -2.32. The van der Waals surface area contributed by atoms with E-state index in [0.29, 0.717) is 12.1 Å². The number of hydrogen-bond donors (Lipinski definition) is 0. The first-order chi connectivity index (χ1) is 8.75. The number of pyridine rings is 1. The van der Waals surface area contributed by atoms with Crippen LogP contribution in [0, 0.1) is 31.6 Å². The topological polar surface area (TPSA) is 16.1 Å². The predicted octanol–water partition coefficient (Wildman–Crippen LogP) is 3.21. The Bertz CT molecular complexity index is 399. The van der Waals surface area contributed by atoms with E-state index in [-0.39, 0.29) is 0 Å². The van der Waals surface area contributed by atoms with Crippen molar-refractivity contribution in [1.29, 1.82) is 0 Å². The smallest absolute Gasteiger partial charge is 0.0501 e. The molecule has 18 heavy (non-hydrogen) atoms. The molecule has 93 valence electrons. The van der Waals surface area contributed by atoms with Crippen LogP contribution in [0.3, 0.4) is 0 Å². The van der Waals surface area contributed by atoms with E-state index in [9.17, 15) is 0 Å². The largest absolute Gasteiger partial charge is 0.366 e. The molecule has 0 aromatic carbocycles. The number of nitrogens with zero attached hydrogens (tertiary/aromatic N) is 2. The molecular formula is C16H19N2. The van der Waals surface area contributed by atoms with E-state index < -0.39 is 0 Å². The molecule has 2 fully saturated rings. The molecule has 0 spiro atoms. The van der Waals surface area contributed by atoms with Gasteiger partial charge in [-0.25, -0.2) is 0 Å². The first kappa shape index (κ1) is 12.0. The summed E-state index contributed by atoms with van der Waals surface area (Å²) >= 11 is 0. The van der Waals surface area contributed by atoms with Gasteiger partial charge in [0.1, 0.15) is 0 Å². The minimum atomic E-state index is 0.634. The average molecular weight is 239 g/mol. The van der Waals surface area contributed by atoms with Crippen molar-refractivity contribution < 1.29 is 0 Å². The predicted molar refractivity (Wildman–Crippen MR) is 74.4 cm³/mol. The molecule has 2 aliphatic rings. The molecule has 1 saturated carbocycles. The molecule has 1 aliphatic carbocycles. The third-order valence-corrected chi connectivity index (χ3v) is 3.95. The van der Waals surface area contributed by atoms with Gasteiger partial charge in [0, 0.05) is 29.9 Å². The molecule has 1 aliphatic heterocycles. The zero-order chi connectivity index (χ0) is 12.5. The van der Waals surface area contributed by atoms with Crippen LogP contribution in [-0.4, -0.2) is 17.1 Å². The summed E-state index contributed by atoms with van der Waals surface area (Å²) in [6.45, 7) is 4.62. The number of hydrogen-bond acceptors (Lipinski definition) is 2. The van der Waals surface area contributed by atoms with Crippen LogP contribution in [0.4, 0.5) is 5.69 Å². The van der Waals surface area contributed by atoms with Crippen molar-refractivity contribution in [3.8, 4) is 0 Å². The van der Waals surface area contributed by atoms with Crippen LogP contribution in [0.25, 0.3) is 0 Å². The second-order valence-corrected chi connectivity index (χ2v) is 5.26. The van der Waals surface area contributed by atoms with Crippen molar-refractivity contribution >= 4 is 5.69 Å². The van der Waals surface area contributed by atoms with E-state index in [2.05, 4.69) is 61.5 Å². The molecule has 2 atom stereocenters. The van der Waals surface area contributed by atoms with Crippen LogP contribution >= 0.6 is 0 Å². The SMILES string of the molecule is C[C@@H]1CC[C@@H](C)N1c1ccnc([C]2[CH][CH][CH][CH]2)c1. The van der Waals surface area contributed by atoms with Gasteiger partial charge in [0.25, 0.3) is 0 Å².